The van der Waals surface area contributed by atoms with Crippen molar-refractivity contribution in [1.82, 2.24) is 14.3 Å². The first-order valence-corrected chi connectivity index (χ1v) is 7.15. The van der Waals surface area contributed by atoms with Gasteiger partial charge in [0.25, 0.3) is 0 Å². The fraction of sp³-hybridized carbons (Fsp3) is 0.176. The molecular formula is C17H15N3O. The molecule has 1 aliphatic rings. The van der Waals surface area contributed by atoms with Crippen molar-refractivity contribution in [3.8, 4) is 5.69 Å². The summed E-state index contributed by atoms with van der Waals surface area (Å²) in [6.45, 7) is 0. The Morgan fingerprint density at radius 1 is 0.952 bits per heavy atom. The first-order chi connectivity index (χ1) is 10.3. The molecule has 0 spiro atoms. The lowest BCUT2D eigenvalue weighted by Crippen LogP contribution is -2.26. The second kappa shape index (κ2) is 4.74. The van der Waals surface area contributed by atoms with E-state index in [-0.39, 0.29) is 11.7 Å². The molecule has 0 amide bonds. The van der Waals surface area contributed by atoms with Crippen LogP contribution < -0.4 is 5.69 Å². The molecule has 2 aromatic carbocycles. The van der Waals surface area contributed by atoms with E-state index in [0.29, 0.717) is 0 Å². The van der Waals surface area contributed by atoms with Gasteiger partial charge >= 0.3 is 5.69 Å². The first kappa shape index (κ1) is 12.1. The van der Waals surface area contributed by atoms with E-state index in [4.69, 9.17) is 0 Å². The van der Waals surface area contributed by atoms with Gasteiger partial charge in [-0.1, -0.05) is 48.5 Å². The molecule has 0 saturated carbocycles. The molecule has 0 N–H and O–H groups in total. The van der Waals surface area contributed by atoms with Gasteiger partial charge in [0.1, 0.15) is 5.82 Å². The third-order valence-electron chi connectivity index (χ3n) is 4.02. The molecule has 1 aromatic heterocycles. The van der Waals surface area contributed by atoms with Crippen LogP contribution in [0.1, 0.15) is 23.9 Å². The van der Waals surface area contributed by atoms with E-state index < -0.39 is 0 Å². The van der Waals surface area contributed by atoms with Gasteiger partial charge in [0.15, 0.2) is 0 Å². The average Bonchev–Trinajstić information content (AvgIpc) is 3.10. The Morgan fingerprint density at radius 3 is 2.33 bits per heavy atom. The van der Waals surface area contributed by atoms with Crippen LogP contribution in [0.2, 0.25) is 0 Å². The topological polar surface area (TPSA) is 39.8 Å². The number of aromatic nitrogens is 3. The lowest BCUT2D eigenvalue weighted by atomic mass is 10.1. The summed E-state index contributed by atoms with van der Waals surface area (Å²) in [5.41, 5.74) is 1.93. The van der Waals surface area contributed by atoms with E-state index >= 15 is 0 Å². The molecule has 0 saturated heterocycles. The highest BCUT2D eigenvalue weighted by Crippen LogP contribution is 2.29. The number of fused-ring (bicyclic) bond motifs is 1. The summed E-state index contributed by atoms with van der Waals surface area (Å²) in [5.74, 6) is 0.873. The second-order valence-corrected chi connectivity index (χ2v) is 5.28. The summed E-state index contributed by atoms with van der Waals surface area (Å²) in [7, 11) is 0. The van der Waals surface area contributed by atoms with E-state index in [1.54, 1.807) is 0 Å². The van der Waals surface area contributed by atoms with Gasteiger partial charge in [-0.3, -0.25) is 4.57 Å². The van der Waals surface area contributed by atoms with Crippen LogP contribution in [-0.4, -0.2) is 14.3 Å². The van der Waals surface area contributed by atoms with Gasteiger partial charge in [-0.2, -0.15) is 4.68 Å². The molecular weight excluding hydrogens is 262 g/mol. The maximum absolute atomic E-state index is 12.7. The van der Waals surface area contributed by atoms with Crippen LogP contribution in [0.5, 0.6) is 0 Å². The second-order valence-electron chi connectivity index (χ2n) is 5.28. The van der Waals surface area contributed by atoms with Gasteiger partial charge in [0.2, 0.25) is 0 Å². The summed E-state index contributed by atoms with van der Waals surface area (Å²) >= 11 is 0. The predicted molar refractivity (Wildman–Crippen MR) is 80.7 cm³/mol. The van der Waals surface area contributed by atoms with E-state index in [1.807, 2.05) is 53.1 Å². The molecule has 1 atom stereocenters. The van der Waals surface area contributed by atoms with Gasteiger partial charge in [-0.05, 0) is 24.1 Å². The van der Waals surface area contributed by atoms with Gasteiger partial charge < -0.3 is 0 Å². The Morgan fingerprint density at radius 2 is 1.62 bits per heavy atom. The Kier molecular flexibility index (Phi) is 2.74. The lowest BCUT2D eigenvalue weighted by molar-refractivity contribution is 0.588. The van der Waals surface area contributed by atoms with Crippen molar-refractivity contribution in [2.24, 2.45) is 0 Å². The van der Waals surface area contributed by atoms with Gasteiger partial charge in [0, 0.05) is 6.42 Å². The molecule has 4 heteroatoms. The molecule has 0 fully saturated rings. The van der Waals surface area contributed by atoms with Crippen molar-refractivity contribution in [2.45, 2.75) is 18.9 Å². The van der Waals surface area contributed by atoms with Crippen LogP contribution in [0.3, 0.4) is 0 Å². The average molecular weight is 277 g/mol. The van der Waals surface area contributed by atoms with E-state index in [9.17, 15) is 4.79 Å². The fourth-order valence-corrected chi connectivity index (χ4v) is 3.03. The summed E-state index contributed by atoms with van der Waals surface area (Å²) < 4.78 is 3.34. The highest BCUT2D eigenvalue weighted by Gasteiger charge is 2.28. The SMILES string of the molecule is O=c1n(-c2ccccc2)nc2n1[C@H](c1ccccc1)CC2. The number of para-hydroxylation sites is 1. The standard InChI is InChI=1S/C17H15N3O/c21-17-19-15(13-7-3-1-4-8-13)11-12-16(19)18-20(17)14-9-5-2-6-10-14/h1-10,15H,11-12H2/t15-/m0/s1. The molecule has 2 heterocycles. The molecule has 0 unspecified atom stereocenters. The minimum Gasteiger partial charge on any atom is -0.271 e. The smallest absolute Gasteiger partial charge is 0.271 e. The van der Waals surface area contributed by atoms with E-state index in [0.717, 1.165) is 24.4 Å². The van der Waals surface area contributed by atoms with Crippen LogP contribution in [0.15, 0.2) is 65.5 Å². The fourth-order valence-electron chi connectivity index (χ4n) is 3.03. The van der Waals surface area contributed by atoms with Gasteiger partial charge in [-0.25, -0.2) is 4.79 Å². The number of hydrogen-bond acceptors (Lipinski definition) is 2. The highest BCUT2D eigenvalue weighted by atomic mass is 16.2. The zero-order valence-corrected chi connectivity index (χ0v) is 11.5. The van der Waals surface area contributed by atoms with Gasteiger partial charge in [-0.15, -0.1) is 5.10 Å². The van der Waals surface area contributed by atoms with Gasteiger partial charge in [0.05, 0.1) is 11.7 Å². The molecule has 104 valence electrons. The molecule has 4 rings (SSSR count). The molecule has 0 aliphatic carbocycles. The van der Waals surface area contributed by atoms with Crippen molar-refractivity contribution in [3.63, 3.8) is 0 Å². The van der Waals surface area contributed by atoms with E-state index in [1.165, 1.54) is 10.2 Å². The third-order valence-corrected chi connectivity index (χ3v) is 4.02. The minimum atomic E-state index is -0.0532. The largest absolute Gasteiger partial charge is 0.351 e. The normalized spacial score (nSPS) is 16.9. The monoisotopic (exact) mass is 277 g/mol. The quantitative estimate of drug-likeness (QED) is 0.722. The van der Waals surface area contributed by atoms with Crippen molar-refractivity contribution < 1.29 is 0 Å². The maximum Gasteiger partial charge on any atom is 0.351 e. The molecule has 4 nitrogen and oxygen atoms in total. The number of aryl methyl sites for hydroxylation is 1. The van der Waals surface area contributed by atoms with Crippen LogP contribution in [0.4, 0.5) is 0 Å². The van der Waals surface area contributed by atoms with Crippen LogP contribution >= 0.6 is 0 Å². The predicted octanol–water partition coefficient (Wildman–Crippen LogP) is 2.57. The Balaban J connectivity index is 1.84. The van der Waals surface area contributed by atoms with Crippen LogP contribution in [0, 0.1) is 0 Å². The molecule has 0 bridgehead atoms. The third kappa shape index (κ3) is 1.91. The number of rotatable bonds is 2. The van der Waals surface area contributed by atoms with Crippen LogP contribution in [-0.2, 0) is 6.42 Å². The number of hydrogen-bond donors (Lipinski definition) is 0. The van der Waals surface area contributed by atoms with Crippen molar-refractivity contribution in [2.75, 3.05) is 0 Å². The van der Waals surface area contributed by atoms with Crippen LogP contribution in [0.25, 0.3) is 5.69 Å². The maximum atomic E-state index is 12.7. The minimum absolute atomic E-state index is 0.0532. The zero-order valence-electron chi connectivity index (χ0n) is 11.5. The summed E-state index contributed by atoms with van der Waals surface area (Å²) in [6, 6.07) is 19.9. The van der Waals surface area contributed by atoms with Crippen molar-refractivity contribution in [3.05, 3.63) is 82.5 Å². The molecule has 21 heavy (non-hydrogen) atoms. The summed E-state index contributed by atoms with van der Waals surface area (Å²) in [4.78, 5) is 12.7. The first-order valence-electron chi connectivity index (χ1n) is 7.15. The molecule has 1 aliphatic heterocycles. The Bertz CT molecular complexity index is 818. The summed E-state index contributed by atoms with van der Waals surface area (Å²) in [6.07, 6.45) is 1.78. The molecule has 3 aromatic rings. The highest BCUT2D eigenvalue weighted by molar-refractivity contribution is 5.31. The van der Waals surface area contributed by atoms with Crippen molar-refractivity contribution >= 4 is 0 Å². The zero-order chi connectivity index (χ0) is 14.2. The lowest BCUT2D eigenvalue weighted by Gasteiger charge is -2.11. The van der Waals surface area contributed by atoms with Crippen molar-refractivity contribution in [1.29, 1.82) is 0 Å². The van der Waals surface area contributed by atoms with E-state index in [2.05, 4.69) is 17.2 Å². The summed E-state index contributed by atoms with van der Waals surface area (Å²) in [5, 5.41) is 4.50. The number of benzene rings is 2. The molecule has 0 radical (unpaired) electrons. The number of nitrogens with zero attached hydrogens (tertiary/aromatic N) is 3. The Labute approximate surface area is 122 Å². The Hall–Kier alpha value is -2.62.